The Kier molecular flexibility index (Phi) is 83.2. The van der Waals surface area contributed by atoms with Gasteiger partial charge in [-0.15, -0.1) is 0 Å². The minimum atomic E-state index is -2.17. The van der Waals surface area contributed by atoms with Crippen molar-refractivity contribution in [2.24, 2.45) is 0 Å². The molecule has 0 aliphatic heterocycles. The quantitative estimate of drug-likeness (QED) is 0.306. The van der Waals surface area contributed by atoms with Gasteiger partial charge in [0.1, 0.15) is 0 Å². The molecule has 0 aromatic carbocycles. The fraction of sp³-hybridized carbons (Fsp3) is 0. The summed E-state index contributed by atoms with van der Waals surface area (Å²) in [6.45, 7) is 0. The van der Waals surface area contributed by atoms with Gasteiger partial charge >= 0.3 is 126 Å². The van der Waals surface area contributed by atoms with E-state index in [0.29, 0.717) is 0 Å². The summed E-state index contributed by atoms with van der Waals surface area (Å²) in [6.07, 6.45) is 0. The molecule has 0 radical (unpaired) electrons. The van der Waals surface area contributed by atoms with E-state index < -0.39 is 7.32 Å². The molecule has 3 N–H and O–H groups in total. The molecule has 0 atom stereocenters. The summed E-state index contributed by atoms with van der Waals surface area (Å²) in [4.78, 5) is 0. The van der Waals surface area contributed by atoms with Crippen LogP contribution >= 0.6 is 0 Å². The van der Waals surface area contributed by atoms with Crippen LogP contribution in [0.5, 0.6) is 0 Å². The second kappa shape index (κ2) is 22.4. The predicted octanol–water partition coefficient (Wildman–Crippen LogP) is -13.6. The first-order valence-electron chi connectivity index (χ1n) is 0.775. The van der Waals surface area contributed by atoms with Crippen molar-refractivity contribution in [3.8, 4) is 0 Å². The van der Waals surface area contributed by atoms with Gasteiger partial charge in [-0.25, -0.2) is 0 Å². The summed E-state index contributed by atoms with van der Waals surface area (Å²) >= 11 is 0. The van der Waals surface area contributed by atoms with Crippen LogP contribution in [0.2, 0.25) is 0 Å². The summed E-state index contributed by atoms with van der Waals surface area (Å²) in [5.74, 6) is 0. The molecule has 0 aromatic heterocycles. The standard InChI is InChI=1S/BH3O3.4Na.4H/c2-1(3)4;;;;;;;;/h2-4H;;;;;;;;/q;4*+1;4*-1. The summed E-state index contributed by atoms with van der Waals surface area (Å²) in [5, 5.41) is 21.5. The van der Waals surface area contributed by atoms with Crippen molar-refractivity contribution in [2.75, 3.05) is 0 Å². The fourth-order valence-corrected chi connectivity index (χ4v) is 0. The second-order valence-corrected chi connectivity index (χ2v) is 0.346. The zero-order chi connectivity index (χ0) is 3.58. The van der Waals surface area contributed by atoms with E-state index in [4.69, 9.17) is 15.1 Å². The average molecular weight is 158 g/mol. The van der Waals surface area contributed by atoms with E-state index in [1.54, 1.807) is 0 Å². The first kappa shape index (κ1) is 29.7. The molecule has 0 aliphatic rings. The molecule has 32 valence electrons. The number of rotatable bonds is 0. The van der Waals surface area contributed by atoms with Crippen LogP contribution in [0.15, 0.2) is 0 Å². The zero-order valence-corrected chi connectivity index (χ0v) is 13.9. The van der Waals surface area contributed by atoms with Crippen LogP contribution < -0.4 is 118 Å². The molecule has 0 rings (SSSR count). The second-order valence-electron chi connectivity index (χ2n) is 0.346. The Hall–Kier alpha value is 3.94. The fourth-order valence-electron chi connectivity index (χ4n) is 0. The molecule has 0 unspecified atom stereocenters. The van der Waals surface area contributed by atoms with Crippen LogP contribution in [0, 0.1) is 0 Å². The number of hydrogen-bond donors (Lipinski definition) is 3. The number of hydrogen-bond acceptors (Lipinski definition) is 3. The van der Waals surface area contributed by atoms with Crippen molar-refractivity contribution in [1.82, 2.24) is 0 Å². The Bertz CT molecular complexity index is 27.0. The predicted molar refractivity (Wildman–Crippen MR) is 16.9 cm³/mol. The third-order valence-electron chi connectivity index (χ3n) is 0. The normalized spacial score (nSPS) is 3.38. The van der Waals surface area contributed by atoms with Gasteiger partial charge in [-0.2, -0.15) is 0 Å². The van der Waals surface area contributed by atoms with Gasteiger partial charge < -0.3 is 20.8 Å². The topological polar surface area (TPSA) is 60.7 Å². The van der Waals surface area contributed by atoms with Crippen LogP contribution in [0.1, 0.15) is 5.71 Å². The van der Waals surface area contributed by atoms with Crippen LogP contribution in [0.25, 0.3) is 0 Å². The monoisotopic (exact) mass is 158 g/mol. The maximum Gasteiger partial charge on any atom is 1.00 e. The molecule has 0 fully saturated rings. The molecule has 0 aliphatic carbocycles. The Labute approximate surface area is 143 Å². The van der Waals surface area contributed by atoms with Crippen molar-refractivity contribution in [2.45, 2.75) is 0 Å². The molecule has 0 bridgehead atoms. The molecule has 0 saturated carbocycles. The maximum atomic E-state index is 7.17. The first-order valence-corrected chi connectivity index (χ1v) is 0.775. The van der Waals surface area contributed by atoms with E-state index in [1.807, 2.05) is 0 Å². The van der Waals surface area contributed by atoms with E-state index in [9.17, 15) is 0 Å². The molecule has 3 nitrogen and oxygen atoms in total. The van der Waals surface area contributed by atoms with Crippen LogP contribution in [0.3, 0.4) is 0 Å². The van der Waals surface area contributed by atoms with Gasteiger partial charge in [0, 0.05) is 0 Å². The van der Waals surface area contributed by atoms with Crippen molar-refractivity contribution in [3.63, 3.8) is 0 Å². The SMILES string of the molecule is OB(O)O.[H-].[H-].[H-].[H-].[Na+].[Na+].[Na+].[Na+]. The molecule has 0 aromatic rings. The largest absolute Gasteiger partial charge is 1.00 e. The Morgan fingerprint density at radius 3 is 0.750 bits per heavy atom. The summed E-state index contributed by atoms with van der Waals surface area (Å²) in [6, 6.07) is 0. The molecule has 0 heterocycles. The van der Waals surface area contributed by atoms with Gasteiger partial charge in [-0.1, -0.05) is 0 Å². The van der Waals surface area contributed by atoms with Crippen LogP contribution in [-0.2, 0) is 0 Å². The summed E-state index contributed by atoms with van der Waals surface area (Å²) in [7, 11) is -2.17. The van der Waals surface area contributed by atoms with Crippen molar-refractivity contribution in [3.05, 3.63) is 0 Å². The summed E-state index contributed by atoms with van der Waals surface area (Å²) in [5.41, 5.74) is 0. The minimum absolute atomic E-state index is 0. The Morgan fingerprint density at radius 1 is 0.750 bits per heavy atom. The molecule has 0 spiro atoms. The minimum Gasteiger partial charge on any atom is -1.00 e. The Morgan fingerprint density at radius 2 is 0.750 bits per heavy atom. The smallest absolute Gasteiger partial charge is 1.00 e. The van der Waals surface area contributed by atoms with Crippen LogP contribution in [-0.4, -0.2) is 22.4 Å². The van der Waals surface area contributed by atoms with Gasteiger partial charge in [0.05, 0.1) is 0 Å². The van der Waals surface area contributed by atoms with E-state index in [1.165, 1.54) is 0 Å². The van der Waals surface area contributed by atoms with Crippen molar-refractivity contribution < 1.29 is 139 Å². The molecular formula is H7BNa4O3. The first-order chi connectivity index (χ1) is 1.73. The zero-order valence-electron chi connectivity index (χ0n) is 9.92. The Balaban J connectivity index is -0.00000000161. The molecule has 8 heavy (non-hydrogen) atoms. The van der Waals surface area contributed by atoms with E-state index >= 15 is 0 Å². The molecule has 8 heteroatoms. The molecule has 0 amide bonds. The van der Waals surface area contributed by atoms with E-state index in [0.717, 1.165) is 0 Å². The van der Waals surface area contributed by atoms with Crippen molar-refractivity contribution >= 4 is 7.32 Å². The van der Waals surface area contributed by atoms with Gasteiger partial charge in [0.25, 0.3) is 0 Å². The van der Waals surface area contributed by atoms with Gasteiger partial charge in [0.2, 0.25) is 0 Å². The third-order valence-corrected chi connectivity index (χ3v) is 0. The summed E-state index contributed by atoms with van der Waals surface area (Å²) < 4.78 is 0. The van der Waals surface area contributed by atoms with E-state index in [2.05, 4.69) is 0 Å². The van der Waals surface area contributed by atoms with Gasteiger partial charge in [-0.05, 0) is 0 Å². The van der Waals surface area contributed by atoms with E-state index in [-0.39, 0.29) is 124 Å². The third kappa shape index (κ3) is 51.1. The van der Waals surface area contributed by atoms with Gasteiger partial charge in [-0.3, -0.25) is 0 Å². The molecular weight excluding hydrogens is 151 g/mol. The van der Waals surface area contributed by atoms with Crippen LogP contribution in [0.4, 0.5) is 0 Å². The van der Waals surface area contributed by atoms with Gasteiger partial charge in [0.15, 0.2) is 0 Å². The van der Waals surface area contributed by atoms with Crippen molar-refractivity contribution in [1.29, 1.82) is 0 Å². The maximum absolute atomic E-state index is 7.17. The average Bonchev–Trinajstić information content (AvgIpc) is 0.811. The molecule has 0 saturated heterocycles.